The summed E-state index contributed by atoms with van der Waals surface area (Å²) in [5.74, 6) is -1.31. The molecule has 3 aromatic rings. The number of benzene rings is 2. The van der Waals surface area contributed by atoms with Crippen LogP contribution < -0.4 is 10.2 Å². The summed E-state index contributed by atoms with van der Waals surface area (Å²) in [7, 11) is 0. The number of ether oxygens (including phenoxy) is 1. The number of phenols is 1. The highest BCUT2D eigenvalue weighted by atomic mass is 16.5. The Hall–Kier alpha value is -4.27. The lowest BCUT2D eigenvalue weighted by Gasteiger charge is -2.33. The SMILES string of the molecule is CCOC(=O)c1ccc(N(C(=O)c2cnccn2)C(C(=O)NC2CCCCC2)c2ccc(O)cc2)cc1. The van der Waals surface area contributed by atoms with Crippen LogP contribution in [0, 0.1) is 0 Å². The highest BCUT2D eigenvalue weighted by Crippen LogP contribution is 2.31. The van der Waals surface area contributed by atoms with Crippen LogP contribution >= 0.6 is 0 Å². The van der Waals surface area contributed by atoms with Crippen LogP contribution in [-0.2, 0) is 9.53 Å². The number of nitrogens with one attached hydrogen (secondary N) is 1. The molecule has 9 heteroatoms. The quantitative estimate of drug-likeness (QED) is 0.443. The van der Waals surface area contributed by atoms with Crippen molar-refractivity contribution in [2.75, 3.05) is 11.5 Å². The fourth-order valence-electron chi connectivity index (χ4n) is 4.49. The molecule has 1 aliphatic carbocycles. The molecule has 0 bridgehead atoms. The Labute approximate surface area is 215 Å². The van der Waals surface area contributed by atoms with E-state index in [4.69, 9.17) is 4.74 Å². The Morgan fingerprint density at radius 1 is 1.03 bits per heavy atom. The van der Waals surface area contributed by atoms with Gasteiger partial charge in [-0.25, -0.2) is 9.78 Å². The molecule has 1 unspecified atom stereocenters. The maximum Gasteiger partial charge on any atom is 0.338 e. The van der Waals surface area contributed by atoms with Gasteiger partial charge in [0, 0.05) is 24.1 Å². The van der Waals surface area contributed by atoms with E-state index in [0.29, 0.717) is 16.8 Å². The normalized spacial score (nSPS) is 14.4. The van der Waals surface area contributed by atoms with Gasteiger partial charge in [-0.3, -0.25) is 19.5 Å². The number of amides is 2. The molecule has 2 aromatic carbocycles. The van der Waals surface area contributed by atoms with E-state index in [9.17, 15) is 19.5 Å². The van der Waals surface area contributed by atoms with E-state index in [-0.39, 0.29) is 30.0 Å². The van der Waals surface area contributed by atoms with Crippen molar-refractivity contribution in [1.29, 1.82) is 0 Å². The maximum atomic E-state index is 13.8. The zero-order valence-corrected chi connectivity index (χ0v) is 20.7. The predicted molar refractivity (Wildman–Crippen MR) is 137 cm³/mol. The van der Waals surface area contributed by atoms with Gasteiger partial charge in [0.1, 0.15) is 17.5 Å². The number of phenolic OH excluding ortho intramolecular Hbond substituents is 1. The number of carbonyl (C=O) groups excluding carboxylic acids is 3. The lowest BCUT2D eigenvalue weighted by molar-refractivity contribution is -0.123. The largest absolute Gasteiger partial charge is 0.508 e. The lowest BCUT2D eigenvalue weighted by Crippen LogP contribution is -2.47. The van der Waals surface area contributed by atoms with Crippen LogP contribution in [0.25, 0.3) is 0 Å². The fourth-order valence-corrected chi connectivity index (χ4v) is 4.49. The molecular formula is C28H30N4O5. The minimum absolute atomic E-state index is 0.0144. The molecule has 1 aromatic heterocycles. The molecule has 1 aliphatic rings. The van der Waals surface area contributed by atoms with Crippen LogP contribution in [-0.4, -0.2) is 45.5 Å². The van der Waals surface area contributed by atoms with Crippen LogP contribution in [0.2, 0.25) is 0 Å². The Morgan fingerprint density at radius 2 is 1.73 bits per heavy atom. The number of aromatic nitrogens is 2. The lowest BCUT2D eigenvalue weighted by atomic mass is 9.94. The van der Waals surface area contributed by atoms with Gasteiger partial charge in [-0.15, -0.1) is 0 Å². The first-order chi connectivity index (χ1) is 18.0. The first-order valence-corrected chi connectivity index (χ1v) is 12.4. The zero-order valence-electron chi connectivity index (χ0n) is 20.7. The molecule has 2 N–H and O–H groups in total. The number of rotatable bonds is 8. The van der Waals surface area contributed by atoms with Crippen molar-refractivity contribution < 1.29 is 24.2 Å². The van der Waals surface area contributed by atoms with Gasteiger partial charge in [0.25, 0.3) is 5.91 Å². The third-order valence-electron chi connectivity index (χ3n) is 6.32. The second kappa shape index (κ2) is 12.1. The average molecular weight is 503 g/mol. The van der Waals surface area contributed by atoms with E-state index in [1.165, 1.54) is 35.6 Å². The molecule has 0 saturated heterocycles. The van der Waals surface area contributed by atoms with Crippen LogP contribution in [0.5, 0.6) is 5.75 Å². The molecular weight excluding hydrogens is 472 g/mol. The minimum Gasteiger partial charge on any atom is -0.508 e. The molecule has 1 saturated carbocycles. The highest BCUT2D eigenvalue weighted by molar-refractivity contribution is 6.09. The molecule has 192 valence electrons. The van der Waals surface area contributed by atoms with Gasteiger partial charge in [0.05, 0.1) is 18.4 Å². The summed E-state index contributed by atoms with van der Waals surface area (Å²) >= 11 is 0. The molecule has 37 heavy (non-hydrogen) atoms. The number of hydrogen-bond acceptors (Lipinski definition) is 7. The number of hydrogen-bond donors (Lipinski definition) is 2. The van der Waals surface area contributed by atoms with Crippen LogP contribution in [0.4, 0.5) is 5.69 Å². The standard InChI is InChI=1S/C28H30N4O5/c1-2-37-28(36)20-8-12-22(13-9-20)32(27(35)24-18-29-16-17-30-24)25(19-10-14-23(33)15-11-19)26(34)31-21-6-4-3-5-7-21/h8-18,21,25,33H,2-7H2,1H3,(H,31,34). The second-order valence-electron chi connectivity index (χ2n) is 8.87. The van der Waals surface area contributed by atoms with Gasteiger partial charge in [-0.2, -0.15) is 0 Å². The van der Waals surface area contributed by atoms with Crippen molar-refractivity contribution in [3.05, 3.63) is 83.9 Å². The molecule has 0 spiro atoms. The number of nitrogens with zero attached hydrogens (tertiary/aromatic N) is 3. The number of anilines is 1. The van der Waals surface area contributed by atoms with Crippen molar-refractivity contribution in [1.82, 2.24) is 15.3 Å². The van der Waals surface area contributed by atoms with Gasteiger partial charge in [-0.1, -0.05) is 31.4 Å². The van der Waals surface area contributed by atoms with E-state index in [1.54, 1.807) is 43.3 Å². The molecule has 1 fully saturated rings. The fraction of sp³-hybridized carbons (Fsp3) is 0.321. The van der Waals surface area contributed by atoms with E-state index in [0.717, 1.165) is 32.1 Å². The van der Waals surface area contributed by atoms with Gasteiger partial charge < -0.3 is 15.2 Å². The average Bonchev–Trinajstić information content (AvgIpc) is 2.93. The van der Waals surface area contributed by atoms with Crippen molar-refractivity contribution >= 4 is 23.5 Å². The Balaban J connectivity index is 1.78. The van der Waals surface area contributed by atoms with Crippen molar-refractivity contribution in [2.24, 2.45) is 0 Å². The van der Waals surface area contributed by atoms with E-state index in [1.807, 2.05) is 0 Å². The first-order valence-electron chi connectivity index (χ1n) is 12.4. The number of esters is 1. The molecule has 1 atom stereocenters. The summed E-state index contributed by atoms with van der Waals surface area (Å²) in [6.07, 6.45) is 9.17. The Kier molecular flexibility index (Phi) is 8.45. The summed E-state index contributed by atoms with van der Waals surface area (Å²) < 4.78 is 5.07. The number of aromatic hydroxyl groups is 1. The second-order valence-corrected chi connectivity index (χ2v) is 8.87. The molecule has 9 nitrogen and oxygen atoms in total. The van der Waals surface area contributed by atoms with E-state index in [2.05, 4.69) is 15.3 Å². The smallest absolute Gasteiger partial charge is 0.338 e. The third-order valence-corrected chi connectivity index (χ3v) is 6.32. The van der Waals surface area contributed by atoms with Gasteiger partial charge in [-0.05, 0) is 61.7 Å². The number of carbonyl (C=O) groups is 3. The first kappa shape index (κ1) is 25.8. The maximum absolute atomic E-state index is 13.8. The Bertz CT molecular complexity index is 1210. The Morgan fingerprint density at radius 3 is 2.35 bits per heavy atom. The summed E-state index contributed by atoms with van der Waals surface area (Å²) in [5, 5.41) is 13.0. The zero-order chi connectivity index (χ0) is 26.2. The topological polar surface area (TPSA) is 122 Å². The molecule has 0 aliphatic heterocycles. The van der Waals surface area contributed by atoms with E-state index < -0.39 is 17.9 Å². The summed E-state index contributed by atoms with van der Waals surface area (Å²) in [6, 6.07) is 11.4. The van der Waals surface area contributed by atoms with Crippen molar-refractivity contribution in [3.8, 4) is 5.75 Å². The minimum atomic E-state index is -1.06. The monoisotopic (exact) mass is 502 g/mol. The van der Waals surface area contributed by atoms with Crippen LogP contribution in [0.1, 0.15) is 71.5 Å². The highest BCUT2D eigenvalue weighted by Gasteiger charge is 2.35. The summed E-state index contributed by atoms with van der Waals surface area (Å²) in [6.45, 7) is 1.96. The van der Waals surface area contributed by atoms with Gasteiger partial charge in [0.15, 0.2) is 0 Å². The molecule has 0 radical (unpaired) electrons. The van der Waals surface area contributed by atoms with Gasteiger partial charge in [0.2, 0.25) is 5.91 Å². The van der Waals surface area contributed by atoms with Crippen LogP contribution in [0.3, 0.4) is 0 Å². The predicted octanol–water partition coefficient (Wildman–Crippen LogP) is 4.20. The summed E-state index contributed by atoms with van der Waals surface area (Å²) in [5.41, 5.74) is 1.29. The van der Waals surface area contributed by atoms with Crippen LogP contribution in [0.15, 0.2) is 67.1 Å². The van der Waals surface area contributed by atoms with Gasteiger partial charge >= 0.3 is 5.97 Å². The summed E-state index contributed by atoms with van der Waals surface area (Å²) in [4.78, 5) is 49.4. The molecule has 4 rings (SSSR count). The third kappa shape index (κ3) is 6.30. The molecule has 2 amide bonds. The molecule has 1 heterocycles. The van der Waals surface area contributed by atoms with Crippen molar-refractivity contribution in [3.63, 3.8) is 0 Å². The van der Waals surface area contributed by atoms with E-state index >= 15 is 0 Å². The van der Waals surface area contributed by atoms with Crippen molar-refractivity contribution in [2.45, 2.75) is 51.1 Å².